The van der Waals surface area contributed by atoms with Crippen LogP contribution in [0, 0.1) is 0 Å². The second-order valence-corrected chi connectivity index (χ2v) is 6.92. The average Bonchev–Trinajstić information content (AvgIpc) is 3.24. The Bertz CT molecular complexity index is 616. The molecule has 2 aromatic rings. The van der Waals surface area contributed by atoms with E-state index in [9.17, 15) is 4.79 Å². The summed E-state index contributed by atoms with van der Waals surface area (Å²) in [6.07, 6.45) is 9.53. The number of hydrogen-bond acceptors (Lipinski definition) is 4. The summed E-state index contributed by atoms with van der Waals surface area (Å²) in [5, 5.41) is 10.1. The van der Waals surface area contributed by atoms with Crippen molar-refractivity contribution in [1.82, 2.24) is 20.1 Å². The predicted octanol–water partition coefficient (Wildman–Crippen LogP) is 3.75. The van der Waals surface area contributed by atoms with E-state index in [-0.39, 0.29) is 11.9 Å². The molecule has 2 heterocycles. The van der Waals surface area contributed by atoms with Crippen molar-refractivity contribution in [3.63, 3.8) is 0 Å². The maximum Gasteiger partial charge on any atom is 0.257 e. The van der Waals surface area contributed by atoms with Crippen LogP contribution in [0.25, 0.3) is 0 Å². The van der Waals surface area contributed by atoms with Crippen molar-refractivity contribution in [1.29, 1.82) is 0 Å². The molecule has 1 atom stereocenters. The van der Waals surface area contributed by atoms with Crippen molar-refractivity contribution in [2.24, 2.45) is 0 Å². The SMILES string of the molecule is CC(c1nccs1)N(C)C(=O)c1cn[nH]c1C1CCCCC1. The van der Waals surface area contributed by atoms with E-state index in [1.165, 1.54) is 19.3 Å². The molecule has 1 unspecified atom stereocenters. The molecule has 0 radical (unpaired) electrons. The number of nitrogens with zero attached hydrogens (tertiary/aromatic N) is 3. The largest absolute Gasteiger partial charge is 0.332 e. The Labute approximate surface area is 134 Å². The van der Waals surface area contributed by atoms with Crippen molar-refractivity contribution in [2.45, 2.75) is 51.0 Å². The summed E-state index contributed by atoms with van der Waals surface area (Å²) in [4.78, 5) is 18.9. The molecule has 3 rings (SSSR count). The van der Waals surface area contributed by atoms with Crippen molar-refractivity contribution in [3.05, 3.63) is 34.0 Å². The van der Waals surface area contributed by atoms with Gasteiger partial charge in [-0.05, 0) is 19.8 Å². The summed E-state index contributed by atoms with van der Waals surface area (Å²) in [5.74, 6) is 0.468. The minimum atomic E-state index is -0.0263. The summed E-state index contributed by atoms with van der Waals surface area (Å²) in [6, 6.07) is -0.0263. The van der Waals surface area contributed by atoms with Crippen molar-refractivity contribution >= 4 is 17.2 Å². The summed E-state index contributed by atoms with van der Waals surface area (Å²) >= 11 is 1.58. The van der Waals surface area contributed by atoms with E-state index in [0.29, 0.717) is 5.92 Å². The Kier molecular flexibility index (Phi) is 4.57. The Morgan fingerprint density at radius 3 is 2.86 bits per heavy atom. The van der Waals surface area contributed by atoms with Crippen LogP contribution in [0.3, 0.4) is 0 Å². The van der Waals surface area contributed by atoms with Gasteiger partial charge in [0, 0.05) is 24.5 Å². The second kappa shape index (κ2) is 6.60. The molecule has 118 valence electrons. The highest BCUT2D eigenvalue weighted by molar-refractivity contribution is 7.09. The van der Waals surface area contributed by atoms with Crippen LogP contribution in [0.4, 0.5) is 0 Å². The van der Waals surface area contributed by atoms with Gasteiger partial charge in [0.2, 0.25) is 0 Å². The summed E-state index contributed by atoms with van der Waals surface area (Å²) in [7, 11) is 1.84. The average molecular weight is 318 g/mol. The first kappa shape index (κ1) is 15.2. The Morgan fingerprint density at radius 1 is 1.41 bits per heavy atom. The first-order valence-electron chi connectivity index (χ1n) is 7.88. The molecule has 1 saturated carbocycles. The molecule has 1 fully saturated rings. The number of H-pyrrole nitrogens is 1. The number of nitrogens with one attached hydrogen (secondary N) is 1. The van der Waals surface area contributed by atoms with Crippen LogP contribution >= 0.6 is 11.3 Å². The van der Waals surface area contributed by atoms with Gasteiger partial charge in [-0.1, -0.05) is 19.3 Å². The third-order valence-corrected chi connectivity index (χ3v) is 5.57. The van der Waals surface area contributed by atoms with Gasteiger partial charge in [0.05, 0.1) is 23.5 Å². The number of amides is 1. The zero-order chi connectivity index (χ0) is 15.5. The molecule has 6 heteroatoms. The maximum atomic E-state index is 12.8. The highest BCUT2D eigenvalue weighted by atomic mass is 32.1. The van der Waals surface area contributed by atoms with E-state index in [2.05, 4.69) is 15.2 Å². The van der Waals surface area contributed by atoms with Crippen LogP contribution in [0.2, 0.25) is 0 Å². The maximum absolute atomic E-state index is 12.8. The van der Waals surface area contributed by atoms with Crippen LogP contribution in [0.15, 0.2) is 17.8 Å². The number of aromatic amines is 1. The van der Waals surface area contributed by atoms with Gasteiger partial charge in [-0.3, -0.25) is 9.89 Å². The number of hydrogen-bond donors (Lipinski definition) is 1. The lowest BCUT2D eigenvalue weighted by molar-refractivity contribution is 0.0740. The van der Waals surface area contributed by atoms with Crippen molar-refractivity contribution in [3.8, 4) is 0 Å². The molecule has 22 heavy (non-hydrogen) atoms. The summed E-state index contributed by atoms with van der Waals surface area (Å²) in [6.45, 7) is 2.01. The summed E-state index contributed by atoms with van der Waals surface area (Å²) < 4.78 is 0. The number of carbonyl (C=O) groups excluding carboxylic acids is 1. The molecule has 0 saturated heterocycles. The van der Waals surface area contributed by atoms with Crippen molar-refractivity contribution < 1.29 is 4.79 Å². The molecule has 5 nitrogen and oxygen atoms in total. The smallest absolute Gasteiger partial charge is 0.257 e. The lowest BCUT2D eigenvalue weighted by atomic mass is 9.85. The second-order valence-electron chi connectivity index (χ2n) is 5.99. The van der Waals surface area contributed by atoms with Crippen LogP contribution in [-0.4, -0.2) is 33.0 Å². The minimum absolute atomic E-state index is 0.0250. The minimum Gasteiger partial charge on any atom is -0.332 e. The summed E-state index contributed by atoms with van der Waals surface area (Å²) in [5.41, 5.74) is 1.74. The lowest BCUT2D eigenvalue weighted by Crippen LogP contribution is -2.30. The van der Waals surface area contributed by atoms with Gasteiger partial charge in [0.1, 0.15) is 5.01 Å². The molecule has 0 aliphatic heterocycles. The molecule has 1 N–H and O–H groups in total. The first-order valence-corrected chi connectivity index (χ1v) is 8.76. The third-order valence-electron chi connectivity index (χ3n) is 4.62. The topological polar surface area (TPSA) is 61.9 Å². The van der Waals surface area contributed by atoms with Gasteiger partial charge in [-0.25, -0.2) is 4.98 Å². The third kappa shape index (κ3) is 2.92. The van der Waals surface area contributed by atoms with Crippen LogP contribution in [-0.2, 0) is 0 Å². The van der Waals surface area contributed by atoms with E-state index in [4.69, 9.17) is 0 Å². The quantitative estimate of drug-likeness (QED) is 0.934. The van der Waals surface area contributed by atoms with Crippen LogP contribution in [0.5, 0.6) is 0 Å². The molecule has 2 aromatic heterocycles. The normalized spacial score (nSPS) is 17.4. The fraction of sp³-hybridized carbons (Fsp3) is 0.562. The zero-order valence-electron chi connectivity index (χ0n) is 13.1. The van der Waals surface area contributed by atoms with E-state index in [0.717, 1.165) is 29.1 Å². The zero-order valence-corrected chi connectivity index (χ0v) is 13.9. The molecule has 1 amide bonds. The van der Waals surface area contributed by atoms with Gasteiger partial charge in [-0.2, -0.15) is 5.10 Å². The standard InChI is InChI=1S/C16H22N4OS/c1-11(15-17-8-9-22-15)20(2)16(21)13-10-18-19-14(13)12-6-4-3-5-7-12/h8-12H,3-7H2,1-2H3,(H,18,19). The Hall–Kier alpha value is -1.69. The Balaban J connectivity index is 1.79. The van der Waals surface area contributed by atoms with E-state index in [1.807, 2.05) is 19.4 Å². The molecule has 0 bridgehead atoms. The number of carbonyl (C=O) groups is 1. The number of aromatic nitrogens is 3. The van der Waals surface area contributed by atoms with E-state index < -0.39 is 0 Å². The van der Waals surface area contributed by atoms with E-state index in [1.54, 1.807) is 28.6 Å². The van der Waals surface area contributed by atoms with Gasteiger partial charge < -0.3 is 4.90 Å². The van der Waals surface area contributed by atoms with Crippen LogP contribution in [0.1, 0.15) is 72.0 Å². The molecule has 1 aliphatic carbocycles. The van der Waals surface area contributed by atoms with Crippen LogP contribution < -0.4 is 0 Å². The lowest BCUT2D eigenvalue weighted by Gasteiger charge is -2.25. The molecular formula is C16H22N4OS. The molecule has 1 aliphatic rings. The highest BCUT2D eigenvalue weighted by Crippen LogP contribution is 2.34. The van der Waals surface area contributed by atoms with Gasteiger partial charge in [-0.15, -0.1) is 11.3 Å². The van der Waals surface area contributed by atoms with Gasteiger partial charge in [0.15, 0.2) is 0 Å². The van der Waals surface area contributed by atoms with Gasteiger partial charge >= 0.3 is 0 Å². The van der Waals surface area contributed by atoms with Gasteiger partial charge in [0.25, 0.3) is 5.91 Å². The Morgan fingerprint density at radius 2 is 2.18 bits per heavy atom. The first-order chi connectivity index (χ1) is 10.7. The molecule has 0 spiro atoms. The fourth-order valence-corrected chi connectivity index (χ4v) is 3.88. The molecule has 0 aromatic carbocycles. The highest BCUT2D eigenvalue weighted by Gasteiger charge is 2.27. The fourth-order valence-electron chi connectivity index (χ4n) is 3.14. The molecular weight excluding hydrogens is 296 g/mol. The number of rotatable bonds is 4. The monoisotopic (exact) mass is 318 g/mol. The van der Waals surface area contributed by atoms with E-state index >= 15 is 0 Å². The predicted molar refractivity (Wildman–Crippen MR) is 87.0 cm³/mol. The number of thiazole rings is 1. The van der Waals surface area contributed by atoms with Crippen molar-refractivity contribution in [2.75, 3.05) is 7.05 Å².